The topological polar surface area (TPSA) is 20.2 Å². The molecule has 1 unspecified atom stereocenters. The third kappa shape index (κ3) is 1.86. The molecule has 2 aliphatic carbocycles. The van der Waals surface area contributed by atoms with Crippen LogP contribution in [0.1, 0.15) is 40.5 Å². The summed E-state index contributed by atoms with van der Waals surface area (Å²) in [7, 11) is 0. The van der Waals surface area contributed by atoms with Crippen LogP contribution in [0.4, 0.5) is 0 Å². The first kappa shape index (κ1) is 11.9. The minimum Gasteiger partial charge on any atom is -0.389 e. The molecule has 4 atom stereocenters. The quantitative estimate of drug-likeness (QED) is 0.670. The van der Waals surface area contributed by atoms with Crippen LogP contribution in [0.25, 0.3) is 0 Å². The molecule has 0 aliphatic heterocycles. The summed E-state index contributed by atoms with van der Waals surface area (Å²) < 4.78 is 0. The van der Waals surface area contributed by atoms with E-state index in [2.05, 4.69) is 39.8 Å². The molecule has 2 aliphatic rings. The van der Waals surface area contributed by atoms with Gasteiger partial charge in [-0.3, -0.25) is 0 Å². The predicted molar refractivity (Wildman–Crippen MR) is 68.1 cm³/mol. The van der Waals surface area contributed by atoms with E-state index < -0.39 is 0 Å². The van der Waals surface area contributed by atoms with Crippen molar-refractivity contribution in [3.8, 4) is 0 Å². The highest BCUT2D eigenvalue weighted by Gasteiger charge is 2.40. The third-order valence-corrected chi connectivity index (χ3v) is 4.92. The van der Waals surface area contributed by atoms with E-state index in [4.69, 9.17) is 0 Å². The Labute approximate surface area is 99.3 Å². The zero-order valence-electron chi connectivity index (χ0n) is 10.9. The van der Waals surface area contributed by atoms with Gasteiger partial charge in [0.2, 0.25) is 0 Å². The standard InChI is InChI=1S/C15H24O/c1-10-9-12(6-8-14(10)16)13-7-5-11(2)15(13,3)4/h5-6,8,10,12-14,16H,7,9H2,1-4H3/t10-,12+,13?,14-/m1/s1. The van der Waals surface area contributed by atoms with E-state index in [-0.39, 0.29) is 6.10 Å². The fourth-order valence-corrected chi connectivity index (χ4v) is 3.26. The van der Waals surface area contributed by atoms with Crippen LogP contribution < -0.4 is 0 Å². The third-order valence-electron chi connectivity index (χ3n) is 4.92. The van der Waals surface area contributed by atoms with Gasteiger partial charge in [-0.15, -0.1) is 0 Å². The first-order valence-corrected chi connectivity index (χ1v) is 6.46. The average molecular weight is 220 g/mol. The summed E-state index contributed by atoms with van der Waals surface area (Å²) in [5.74, 6) is 1.77. The normalized spacial score (nSPS) is 42.2. The van der Waals surface area contributed by atoms with Crippen LogP contribution in [-0.2, 0) is 0 Å². The van der Waals surface area contributed by atoms with Crippen molar-refractivity contribution in [2.75, 3.05) is 0 Å². The zero-order valence-corrected chi connectivity index (χ0v) is 10.9. The van der Waals surface area contributed by atoms with Gasteiger partial charge in [0.1, 0.15) is 0 Å². The second kappa shape index (κ2) is 4.03. The minimum atomic E-state index is -0.227. The number of rotatable bonds is 1. The van der Waals surface area contributed by atoms with Crippen molar-refractivity contribution in [2.45, 2.75) is 46.6 Å². The summed E-state index contributed by atoms with van der Waals surface area (Å²) in [4.78, 5) is 0. The maximum absolute atomic E-state index is 9.72. The fourth-order valence-electron chi connectivity index (χ4n) is 3.26. The largest absolute Gasteiger partial charge is 0.389 e. The van der Waals surface area contributed by atoms with E-state index in [0.29, 0.717) is 17.3 Å². The van der Waals surface area contributed by atoms with Crippen molar-refractivity contribution >= 4 is 0 Å². The molecule has 0 spiro atoms. The van der Waals surface area contributed by atoms with Crippen molar-refractivity contribution in [3.63, 3.8) is 0 Å². The van der Waals surface area contributed by atoms with Crippen LogP contribution in [0.15, 0.2) is 23.8 Å². The molecule has 2 rings (SSSR count). The molecule has 1 N–H and O–H groups in total. The maximum atomic E-state index is 9.72. The molecule has 0 amide bonds. The molecule has 0 heterocycles. The van der Waals surface area contributed by atoms with Gasteiger partial charge in [-0.1, -0.05) is 44.6 Å². The minimum absolute atomic E-state index is 0.227. The molecule has 0 saturated carbocycles. The van der Waals surface area contributed by atoms with E-state index in [1.54, 1.807) is 0 Å². The summed E-state index contributed by atoms with van der Waals surface area (Å²) in [6, 6.07) is 0. The highest BCUT2D eigenvalue weighted by molar-refractivity contribution is 5.21. The molecule has 0 saturated heterocycles. The van der Waals surface area contributed by atoms with E-state index >= 15 is 0 Å². The van der Waals surface area contributed by atoms with E-state index in [1.807, 2.05) is 6.08 Å². The van der Waals surface area contributed by atoms with Gasteiger partial charge in [-0.25, -0.2) is 0 Å². The van der Waals surface area contributed by atoms with Gasteiger partial charge in [-0.05, 0) is 42.9 Å². The van der Waals surface area contributed by atoms with Crippen molar-refractivity contribution in [1.29, 1.82) is 0 Å². The van der Waals surface area contributed by atoms with Gasteiger partial charge >= 0.3 is 0 Å². The molecule has 0 radical (unpaired) electrons. The lowest BCUT2D eigenvalue weighted by Crippen LogP contribution is -2.32. The lowest BCUT2D eigenvalue weighted by atomic mass is 9.67. The van der Waals surface area contributed by atoms with E-state index in [9.17, 15) is 5.11 Å². The molecular weight excluding hydrogens is 196 g/mol. The smallest absolute Gasteiger partial charge is 0.0746 e. The van der Waals surface area contributed by atoms with Crippen LogP contribution in [0.5, 0.6) is 0 Å². The molecule has 0 bridgehead atoms. The lowest BCUT2D eigenvalue weighted by molar-refractivity contribution is 0.112. The van der Waals surface area contributed by atoms with Crippen molar-refractivity contribution in [3.05, 3.63) is 23.8 Å². The van der Waals surface area contributed by atoms with Crippen LogP contribution >= 0.6 is 0 Å². The summed E-state index contributed by atoms with van der Waals surface area (Å²) in [5, 5.41) is 9.72. The molecule has 1 nitrogen and oxygen atoms in total. The SMILES string of the molecule is CC1=CCC([C@H]2C=C[C@@H](O)[C@H](C)C2)C1(C)C. The van der Waals surface area contributed by atoms with Crippen LogP contribution in [0.3, 0.4) is 0 Å². The molecule has 0 aromatic rings. The Bertz CT molecular complexity index is 324. The van der Waals surface area contributed by atoms with Gasteiger partial charge in [0.25, 0.3) is 0 Å². The molecule has 0 aromatic carbocycles. The summed E-state index contributed by atoms with van der Waals surface area (Å²) in [6.45, 7) is 9.13. The van der Waals surface area contributed by atoms with Gasteiger partial charge in [0.15, 0.2) is 0 Å². The zero-order chi connectivity index (χ0) is 11.9. The molecule has 0 aromatic heterocycles. The Kier molecular flexibility index (Phi) is 3.00. The Morgan fingerprint density at radius 1 is 1.31 bits per heavy atom. The predicted octanol–water partition coefficient (Wildman–Crippen LogP) is 3.55. The fraction of sp³-hybridized carbons (Fsp3) is 0.733. The van der Waals surface area contributed by atoms with Gasteiger partial charge in [0, 0.05) is 0 Å². The monoisotopic (exact) mass is 220 g/mol. The Hall–Kier alpha value is -0.560. The highest BCUT2D eigenvalue weighted by atomic mass is 16.3. The molecule has 16 heavy (non-hydrogen) atoms. The first-order valence-electron chi connectivity index (χ1n) is 6.46. The second-order valence-corrected chi connectivity index (χ2v) is 6.20. The van der Waals surface area contributed by atoms with Gasteiger partial charge < -0.3 is 5.11 Å². The molecular formula is C15H24O. The number of hydrogen-bond acceptors (Lipinski definition) is 1. The molecule has 0 fully saturated rings. The average Bonchev–Trinajstić information content (AvgIpc) is 2.47. The van der Waals surface area contributed by atoms with Crippen LogP contribution in [0, 0.1) is 23.2 Å². The van der Waals surface area contributed by atoms with Crippen molar-refractivity contribution in [1.82, 2.24) is 0 Å². The lowest BCUT2D eigenvalue weighted by Gasteiger charge is -2.38. The number of aliphatic hydroxyl groups excluding tert-OH is 1. The van der Waals surface area contributed by atoms with E-state index in [0.717, 1.165) is 12.3 Å². The number of allylic oxidation sites excluding steroid dienone is 3. The summed E-state index contributed by atoms with van der Waals surface area (Å²) >= 11 is 0. The molecule has 90 valence electrons. The van der Waals surface area contributed by atoms with Crippen LogP contribution in [0.2, 0.25) is 0 Å². The summed E-state index contributed by atoms with van der Waals surface area (Å²) in [6.07, 6.45) is 8.76. The van der Waals surface area contributed by atoms with Crippen LogP contribution in [-0.4, -0.2) is 11.2 Å². The van der Waals surface area contributed by atoms with Crippen molar-refractivity contribution < 1.29 is 5.11 Å². The maximum Gasteiger partial charge on any atom is 0.0746 e. The Balaban J connectivity index is 2.14. The van der Waals surface area contributed by atoms with E-state index in [1.165, 1.54) is 12.0 Å². The summed E-state index contributed by atoms with van der Waals surface area (Å²) in [5.41, 5.74) is 1.86. The highest BCUT2D eigenvalue weighted by Crippen LogP contribution is 2.49. The first-order chi connectivity index (χ1) is 7.43. The van der Waals surface area contributed by atoms with Gasteiger partial charge in [0.05, 0.1) is 6.10 Å². The number of hydrogen-bond donors (Lipinski definition) is 1. The number of aliphatic hydroxyl groups is 1. The Morgan fingerprint density at radius 3 is 2.50 bits per heavy atom. The Morgan fingerprint density at radius 2 is 2.00 bits per heavy atom. The second-order valence-electron chi connectivity index (χ2n) is 6.20. The van der Waals surface area contributed by atoms with Crippen molar-refractivity contribution in [2.24, 2.45) is 23.2 Å². The van der Waals surface area contributed by atoms with Gasteiger partial charge in [-0.2, -0.15) is 0 Å². The molecule has 1 heteroatoms.